The summed E-state index contributed by atoms with van der Waals surface area (Å²) in [6.07, 6.45) is 4.04. The van der Waals surface area contributed by atoms with Crippen molar-refractivity contribution in [2.45, 2.75) is 38.5 Å². The molecule has 3 aromatic rings. The molecular weight excluding hydrogens is 326 g/mol. The highest BCUT2D eigenvalue weighted by Gasteiger charge is 2.30. The van der Waals surface area contributed by atoms with Gasteiger partial charge in [0.1, 0.15) is 0 Å². The largest absolute Gasteiger partial charge is 0.454 e. The maximum Gasteiger partial charge on any atom is 0.231 e. The van der Waals surface area contributed by atoms with Gasteiger partial charge in [-0.1, -0.05) is 36.2 Å². The molecule has 0 amide bonds. The third kappa shape index (κ3) is 2.40. The third-order valence-electron chi connectivity index (χ3n) is 5.58. The lowest BCUT2D eigenvalue weighted by atomic mass is 9.86. The molecular formula is C22H21NO3. The SMILES string of the molecule is Cc1ccc(C(=O)C2CCCCc3[nH]c4cc5c(cc4c32)OCO5)cc1. The van der Waals surface area contributed by atoms with E-state index < -0.39 is 0 Å². The lowest BCUT2D eigenvalue weighted by Gasteiger charge is -2.15. The number of Topliss-reactive ketones (excluding diaryl/α,β-unsaturated/α-hetero) is 1. The topological polar surface area (TPSA) is 51.3 Å². The summed E-state index contributed by atoms with van der Waals surface area (Å²) in [6, 6.07) is 12.0. The van der Waals surface area contributed by atoms with Crippen molar-refractivity contribution in [2.75, 3.05) is 6.79 Å². The van der Waals surface area contributed by atoms with E-state index in [4.69, 9.17) is 9.47 Å². The molecule has 5 rings (SSSR count). The van der Waals surface area contributed by atoms with Crippen LogP contribution < -0.4 is 9.47 Å². The molecule has 1 N–H and O–H groups in total. The minimum absolute atomic E-state index is 0.107. The van der Waals surface area contributed by atoms with Gasteiger partial charge in [-0.3, -0.25) is 4.79 Å². The molecule has 2 aliphatic rings. The van der Waals surface area contributed by atoms with Crippen LogP contribution in [0.15, 0.2) is 36.4 Å². The Bertz CT molecular complexity index is 1000. The number of nitrogens with one attached hydrogen (secondary N) is 1. The molecule has 1 atom stereocenters. The first-order valence-corrected chi connectivity index (χ1v) is 9.25. The summed E-state index contributed by atoms with van der Waals surface area (Å²) in [7, 11) is 0. The molecule has 132 valence electrons. The predicted molar refractivity (Wildman–Crippen MR) is 100 cm³/mol. The number of aryl methyl sites for hydroxylation is 2. The Hall–Kier alpha value is -2.75. The number of H-pyrrole nitrogens is 1. The lowest BCUT2D eigenvalue weighted by Crippen LogP contribution is -2.13. The van der Waals surface area contributed by atoms with Crippen LogP contribution in [0.1, 0.15) is 52.4 Å². The van der Waals surface area contributed by atoms with E-state index in [9.17, 15) is 4.79 Å². The summed E-state index contributed by atoms with van der Waals surface area (Å²) in [4.78, 5) is 16.9. The smallest absolute Gasteiger partial charge is 0.231 e. The molecule has 0 bridgehead atoms. The van der Waals surface area contributed by atoms with E-state index in [2.05, 4.69) is 4.98 Å². The maximum absolute atomic E-state index is 13.3. The Morgan fingerprint density at radius 2 is 1.85 bits per heavy atom. The van der Waals surface area contributed by atoms with Crippen LogP contribution in [0.4, 0.5) is 0 Å². The number of ether oxygens (including phenoxy) is 2. The summed E-state index contributed by atoms with van der Waals surface area (Å²) < 4.78 is 11.1. The summed E-state index contributed by atoms with van der Waals surface area (Å²) in [5.41, 5.74) is 5.34. The van der Waals surface area contributed by atoms with Crippen molar-refractivity contribution in [2.24, 2.45) is 0 Å². The maximum atomic E-state index is 13.3. The van der Waals surface area contributed by atoms with Gasteiger partial charge in [-0.05, 0) is 37.8 Å². The number of benzene rings is 2. The fraction of sp³-hybridized carbons (Fsp3) is 0.318. The molecule has 2 aromatic carbocycles. The Kier molecular flexibility index (Phi) is 3.52. The Labute approximate surface area is 152 Å². The van der Waals surface area contributed by atoms with Crippen molar-refractivity contribution in [1.82, 2.24) is 4.98 Å². The van der Waals surface area contributed by atoms with Gasteiger partial charge in [0.05, 0.1) is 0 Å². The molecule has 0 saturated heterocycles. The van der Waals surface area contributed by atoms with Gasteiger partial charge in [0.15, 0.2) is 17.3 Å². The highest BCUT2D eigenvalue weighted by atomic mass is 16.7. The monoisotopic (exact) mass is 347 g/mol. The number of ketones is 1. The molecule has 0 radical (unpaired) electrons. The second kappa shape index (κ2) is 5.90. The molecule has 1 aromatic heterocycles. The first-order valence-electron chi connectivity index (χ1n) is 9.25. The number of fused-ring (bicyclic) bond motifs is 4. The number of carbonyl (C=O) groups is 1. The molecule has 4 nitrogen and oxygen atoms in total. The van der Waals surface area contributed by atoms with Crippen molar-refractivity contribution in [1.29, 1.82) is 0 Å². The highest BCUT2D eigenvalue weighted by Crippen LogP contribution is 2.43. The lowest BCUT2D eigenvalue weighted by molar-refractivity contribution is 0.0955. The van der Waals surface area contributed by atoms with Crippen molar-refractivity contribution in [3.05, 3.63) is 58.8 Å². The molecule has 1 aliphatic carbocycles. The van der Waals surface area contributed by atoms with E-state index in [0.29, 0.717) is 0 Å². The summed E-state index contributed by atoms with van der Waals surface area (Å²) >= 11 is 0. The number of rotatable bonds is 2. The Morgan fingerprint density at radius 1 is 1.08 bits per heavy atom. The zero-order valence-electron chi connectivity index (χ0n) is 14.8. The second-order valence-corrected chi connectivity index (χ2v) is 7.30. The molecule has 2 heterocycles. The number of hydrogen-bond donors (Lipinski definition) is 1. The van der Waals surface area contributed by atoms with Crippen molar-refractivity contribution >= 4 is 16.7 Å². The van der Waals surface area contributed by atoms with Crippen LogP contribution in [0.3, 0.4) is 0 Å². The third-order valence-corrected chi connectivity index (χ3v) is 5.58. The molecule has 1 aliphatic heterocycles. The van der Waals surface area contributed by atoms with Crippen molar-refractivity contribution in [3.8, 4) is 11.5 Å². The van der Waals surface area contributed by atoms with Crippen LogP contribution in [0, 0.1) is 6.92 Å². The normalized spacial score (nSPS) is 18.6. The van der Waals surface area contributed by atoms with Gasteiger partial charge >= 0.3 is 0 Å². The van der Waals surface area contributed by atoms with Crippen LogP contribution in [-0.4, -0.2) is 17.6 Å². The quantitative estimate of drug-likeness (QED) is 0.530. The highest BCUT2D eigenvalue weighted by molar-refractivity contribution is 6.04. The average molecular weight is 347 g/mol. The fourth-order valence-corrected chi connectivity index (χ4v) is 4.23. The zero-order valence-corrected chi connectivity index (χ0v) is 14.8. The first-order chi connectivity index (χ1) is 12.7. The minimum atomic E-state index is -0.107. The van der Waals surface area contributed by atoms with E-state index in [1.165, 1.54) is 11.3 Å². The Balaban J connectivity index is 1.65. The van der Waals surface area contributed by atoms with E-state index >= 15 is 0 Å². The van der Waals surface area contributed by atoms with E-state index in [0.717, 1.165) is 59.2 Å². The molecule has 26 heavy (non-hydrogen) atoms. The molecule has 4 heteroatoms. The zero-order chi connectivity index (χ0) is 17.7. The van der Waals surface area contributed by atoms with Crippen LogP contribution in [-0.2, 0) is 6.42 Å². The second-order valence-electron chi connectivity index (χ2n) is 7.30. The average Bonchev–Trinajstić information content (AvgIpc) is 3.17. The van der Waals surface area contributed by atoms with Gasteiger partial charge in [-0.25, -0.2) is 0 Å². The molecule has 0 fully saturated rings. The van der Waals surface area contributed by atoms with Crippen LogP contribution in [0.25, 0.3) is 10.9 Å². The van der Waals surface area contributed by atoms with Gasteiger partial charge in [-0.2, -0.15) is 0 Å². The van der Waals surface area contributed by atoms with Crippen LogP contribution >= 0.6 is 0 Å². The number of aromatic nitrogens is 1. The molecule has 1 unspecified atom stereocenters. The number of hydrogen-bond acceptors (Lipinski definition) is 3. The van der Waals surface area contributed by atoms with Gasteiger partial charge < -0.3 is 14.5 Å². The minimum Gasteiger partial charge on any atom is -0.454 e. The van der Waals surface area contributed by atoms with Gasteiger partial charge in [0.2, 0.25) is 6.79 Å². The van der Waals surface area contributed by atoms with E-state index in [1.807, 2.05) is 43.3 Å². The van der Waals surface area contributed by atoms with Crippen molar-refractivity contribution in [3.63, 3.8) is 0 Å². The van der Waals surface area contributed by atoms with Crippen molar-refractivity contribution < 1.29 is 14.3 Å². The summed E-state index contributed by atoms with van der Waals surface area (Å²) in [5, 5.41) is 1.09. The predicted octanol–water partition coefficient (Wildman–Crippen LogP) is 4.90. The summed E-state index contributed by atoms with van der Waals surface area (Å²) in [5.74, 6) is 1.65. The summed E-state index contributed by atoms with van der Waals surface area (Å²) in [6.45, 7) is 2.30. The van der Waals surface area contributed by atoms with Gasteiger partial charge in [0.25, 0.3) is 0 Å². The Morgan fingerprint density at radius 3 is 2.65 bits per heavy atom. The van der Waals surface area contributed by atoms with Gasteiger partial charge in [-0.15, -0.1) is 0 Å². The fourth-order valence-electron chi connectivity index (χ4n) is 4.23. The van der Waals surface area contributed by atoms with E-state index in [1.54, 1.807) is 0 Å². The van der Waals surface area contributed by atoms with Crippen LogP contribution in [0.5, 0.6) is 11.5 Å². The number of aromatic amines is 1. The number of carbonyl (C=O) groups excluding carboxylic acids is 1. The standard InChI is InChI=1S/C22H21NO3/c1-13-6-8-14(9-7-13)22(24)15-4-2-3-5-17-21(15)16-10-19-20(26-12-25-19)11-18(16)23-17/h6-11,15,23H,2-5,12H2,1H3. The van der Waals surface area contributed by atoms with Gasteiger partial charge in [0, 0.05) is 34.1 Å². The molecule has 0 spiro atoms. The molecule has 0 saturated carbocycles. The van der Waals surface area contributed by atoms with Crippen LogP contribution in [0.2, 0.25) is 0 Å². The first kappa shape index (κ1) is 15.5. The van der Waals surface area contributed by atoms with E-state index in [-0.39, 0.29) is 18.5 Å².